The highest BCUT2D eigenvalue weighted by atomic mass is 19.4. The fraction of sp³-hybridized carbons (Fsp3) is 0.414. The van der Waals surface area contributed by atoms with Crippen LogP contribution in [-0.4, -0.2) is 46.8 Å². The number of ether oxygens (including phenoxy) is 2. The van der Waals surface area contributed by atoms with Crippen LogP contribution in [0.5, 0.6) is 5.75 Å². The maximum Gasteiger partial charge on any atom is 0.419 e. The van der Waals surface area contributed by atoms with Crippen LogP contribution < -0.4 is 15.8 Å². The Labute approximate surface area is 235 Å². The number of hydrogen-bond acceptors (Lipinski definition) is 7. The number of methoxy groups -OCH3 is 1. The van der Waals surface area contributed by atoms with Crippen molar-refractivity contribution in [3.05, 3.63) is 58.7 Å². The highest BCUT2D eigenvalue weighted by Crippen LogP contribution is 2.39. The van der Waals surface area contributed by atoms with Crippen molar-refractivity contribution in [3.8, 4) is 5.75 Å². The third kappa shape index (κ3) is 6.63. The third-order valence-corrected chi connectivity index (χ3v) is 6.58. The predicted octanol–water partition coefficient (Wildman–Crippen LogP) is 6.88. The number of carbonyl (C=O) groups excluding carboxylic acids is 1. The van der Waals surface area contributed by atoms with Gasteiger partial charge in [0.1, 0.15) is 28.8 Å². The number of aromatic nitrogens is 2. The van der Waals surface area contributed by atoms with E-state index in [4.69, 9.17) is 15.2 Å². The number of nitrogen functional groups attached to an aromatic ring is 1. The minimum Gasteiger partial charge on any atom is -0.496 e. The molecule has 220 valence electrons. The van der Waals surface area contributed by atoms with E-state index in [1.165, 1.54) is 20.1 Å². The van der Waals surface area contributed by atoms with Gasteiger partial charge in [-0.2, -0.15) is 13.2 Å². The molecule has 2 heterocycles. The highest BCUT2D eigenvalue weighted by Gasteiger charge is 2.36. The summed E-state index contributed by atoms with van der Waals surface area (Å²) in [6.07, 6.45) is -2.85. The quantitative estimate of drug-likeness (QED) is 0.252. The fourth-order valence-electron chi connectivity index (χ4n) is 4.68. The molecule has 0 saturated heterocycles. The first-order chi connectivity index (χ1) is 19.1. The number of nitrogens with two attached hydrogens (primary N) is 1. The van der Waals surface area contributed by atoms with Crippen molar-refractivity contribution in [3.63, 3.8) is 0 Å². The zero-order chi connectivity index (χ0) is 30.3. The summed E-state index contributed by atoms with van der Waals surface area (Å²) in [7, 11) is 1.54. The average molecular weight is 576 g/mol. The molecule has 0 unspecified atom stereocenters. The number of amides is 1. The zero-order valence-electron chi connectivity index (χ0n) is 23.7. The molecule has 1 amide bonds. The Balaban J connectivity index is 1.71. The second kappa shape index (κ2) is 11.1. The monoisotopic (exact) mass is 575 g/mol. The number of halogens is 4. The second-order valence-electron chi connectivity index (χ2n) is 10.9. The number of anilines is 2. The lowest BCUT2D eigenvalue weighted by Gasteiger charge is -2.30. The van der Waals surface area contributed by atoms with Crippen LogP contribution in [0.2, 0.25) is 0 Å². The molecular weight excluding hydrogens is 542 g/mol. The summed E-state index contributed by atoms with van der Waals surface area (Å²) in [6, 6.07) is 4.42. The van der Waals surface area contributed by atoms with E-state index in [2.05, 4.69) is 15.3 Å². The Bertz CT molecular complexity index is 1520. The smallest absolute Gasteiger partial charge is 0.419 e. The number of fused-ring (bicyclic) bond motifs is 1. The van der Waals surface area contributed by atoms with E-state index in [1.807, 2.05) is 32.9 Å². The van der Waals surface area contributed by atoms with Crippen LogP contribution in [0.3, 0.4) is 0 Å². The molecule has 0 aliphatic carbocycles. The topological polar surface area (TPSA) is 103 Å². The minimum absolute atomic E-state index is 0.206. The molecule has 1 aliphatic heterocycles. The molecule has 3 aromatic rings. The van der Waals surface area contributed by atoms with E-state index in [1.54, 1.807) is 17.9 Å². The van der Waals surface area contributed by atoms with E-state index in [-0.39, 0.29) is 11.3 Å². The molecule has 1 atom stereocenters. The number of nitrogens with one attached hydrogen (secondary N) is 1. The van der Waals surface area contributed by atoms with E-state index in [9.17, 15) is 22.4 Å². The van der Waals surface area contributed by atoms with Gasteiger partial charge >= 0.3 is 12.3 Å². The molecule has 12 heteroatoms. The average Bonchev–Trinajstić information content (AvgIpc) is 2.87. The number of hydrogen-bond donors (Lipinski definition) is 2. The van der Waals surface area contributed by atoms with Gasteiger partial charge in [0.25, 0.3) is 0 Å². The highest BCUT2D eigenvalue weighted by molar-refractivity contribution is 5.94. The van der Waals surface area contributed by atoms with Gasteiger partial charge in [0.05, 0.1) is 24.2 Å². The van der Waals surface area contributed by atoms with Crippen LogP contribution in [0.15, 0.2) is 30.3 Å². The van der Waals surface area contributed by atoms with Crippen LogP contribution in [0, 0.1) is 12.7 Å². The summed E-state index contributed by atoms with van der Waals surface area (Å²) < 4.78 is 66.3. The van der Waals surface area contributed by atoms with Crippen LogP contribution >= 0.6 is 0 Å². The summed E-state index contributed by atoms with van der Waals surface area (Å²) in [4.78, 5) is 23.1. The number of aryl methyl sites for hydroxylation is 1. The fourth-order valence-corrected chi connectivity index (χ4v) is 4.68. The van der Waals surface area contributed by atoms with E-state index < -0.39 is 35.3 Å². The molecule has 0 saturated carbocycles. The first-order valence-corrected chi connectivity index (χ1v) is 13.0. The molecule has 1 aromatic heterocycles. The van der Waals surface area contributed by atoms with Crippen molar-refractivity contribution >= 4 is 34.1 Å². The van der Waals surface area contributed by atoms with Gasteiger partial charge in [-0.25, -0.2) is 19.2 Å². The summed E-state index contributed by atoms with van der Waals surface area (Å²) in [5.74, 6) is -0.128. The Morgan fingerprint density at radius 3 is 2.44 bits per heavy atom. The number of rotatable bonds is 5. The van der Waals surface area contributed by atoms with E-state index in [0.29, 0.717) is 53.9 Å². The molecule has 8 nitrogen and oxygen atoms in total. The molecule has 2 aromatic carbocycles. The molecule has 0 bridgehead atoms. The predicted molar refractivity (Wildman–Crippen MR) is 149 cm³/mol. The van der Waals surface area contributed by atoms with Crippen LogP contribution in [0.25, 0.3) is 16.5 Å². The molecule has 0 spiro atoms. The lowest BCUT2D eigenvalue weighted by atomic mass is 9.96. The molecule has 0 radical (unpaired) electrons. The van der Waals surface area contributed by atoms with Gasteiger partial charge in [0.2, 0.25) is 0 Å². The molecule has 3 N–H and O–H groups in total. The molecule has 4 rings (SSSR count). The summed E-state index contributed by atoms with van der Waals surface area (Å²) >= 11 is 0. The van der Waals surface area contributed by atoms with Crippen molar-refractivity contribution in [1.29, 1.82) is 0 Å². The van der Waals surface area contributed by atoms with Gasteiger partial charge in [-0.15, -0.1) is 0 Å². The lowest BCUT2D eigenvalue weighted by molar-refractivity contribution is -0.140. The molecule has 0 fully saturated rings. The minimum atomic E-state index is -4.90. The summed E-state index contributed by atoms with van der Waals surface area (Å²) in [5.41, 5.74) is 5.42. The standard InChI is InChI=1S/C29H33F4N5O3/c1-15(19-11-18(34)12-22(25(19)30)29(31,32)33)35-26-21-13-20(24(40-6)14-23(21)36-16(2)37-26)17-7-9-38(10-8-17)27(39)41-28(3,4)5/h7,11-15H,8-10,34H2,1-6H3,(H,35,36,37)/t15-/m1/s1. The molecule has 1 aliphatic rings. The van der Waals surface area contributed by atoms with E-state index >= 15 is 0 Å². The van der Waals surface area contributed by atoms with Gasteiger partial charge in [-0.1, -0.05) is 6.08 Å². The largest absolute Gasteiger partial charge is 0.496 e. The van der Waals surface area contributed by atoms with Crippen LogP contribution in [-0.2, 0) is 10.9 Å². The molecular formula is C29H33F4N5O3. The van der Waals surface area contributed by atoms with E-state index in [0.717, 1.165) is 11.1 Å². The lowest BCUT2D eigenvalue weighted by Crippen LogP contribution is -2.39. The normalized spacial score (nSPS) is 15.0. The van der Waals surface area contributed by atoms with Crippen molar-refractivity contribution in [2.75, 3.05) is 31.2 Å². The Hall–Kier alpha value is -4.09. The SMILES string of the molecule is COc1cc2nc(C)nc(N[C@H](C)c3cc(N)cc(C(F)(F)F)c3F)c2cc1C1=CCN(C(=O)OC(C)(C)C)CC1. The van der Waals surface area contributed by atoms with Crippen molar-refractivity contribution in [2.45, 2.75) is 58.9 Å². The van der Waals surface area contributed by atoms with Crippen molar-refractivity contribution in [1.82, 2.24) is 14.9 Å². The van der Waals surface area contributed by atoms with Gasteiger partial charge in [0, 0.05) is 41.4 Å². The Kier molecular flexibility index (Phi) is 8.06. The van der Waals surface area contributed by atoms with Gasteiger partial charge < -0.3 is 25.4 Å². The number of alkyl halides is 3. The van der Waals surface area contributed by atoms with Gasteiger partial charge in [0.15, 0.2) is 0 Å². The summed E-state index contributed by atoms with van der Waals surface area (Å²) in [6.45, 7) is 9.40. The van der Waals surface area contributed by atoms with Gasteiger partial charge in [-0.3, -0.25) is 0 Å². The Morgan fingerprint density at radius 1 is 1.15 bits per heavy atom. The summed E-state index contributed by atoms with van der Waals surface area (Å²) in [5, 5.41) is 3.62. The third-order valence-electron chi connectivity index (χ3n) is 6.58. The molecule has 41 heavy (non-hydrogen) atoms. The van der Waals surface area contributed by atoms with Crippen molar-refractivity contribution in [2.24, 2.45) is 0 Å². The Morgan fingerprint density at radius 2 is 1.85 bits per heavy atom. The van der Waals surface area contributed by atoms with Crippen LogP contribution in [0.1, 0.15) is 62.7 Å². The second-order valence-corrected chi connectivity index (χ2v) is 10.9. The zero-order valence-corrected chi connectivity index (χ0v) is 23.7. The first-order valence-electron chi connectivity index (χ1n) is 13.0. The first kappa shape index (κ1) is 29.9. The van der Waals surface area contributed by atoms with Crippen LogP contribution in [0.4, 0.5) is 33.9 Å². The van der Waals surface area contributed by atoms with Crippen molar-refractivity contribution < 1.29 is 31.8 Å². The van der Waals surface area contributed by atoms with Gasteiger partial charge in [-0.05, 0) is 64.8 Å². The number of nitrogens with zero attached hydrogens (tertiary/aromatic N) is 3. The number of carbonyl (C=O) groups is 1. The number of benzene rings is 2. The maximum atomic E-state index is 15.0. The maximum absolute atomic E-state index is 15.0.